The standard InChI is InChI=1S/C12H11F3O4/c1-19-8-5-6(11(2-3-11)10(17)18)4-7(9(8)16)12(13,14)15/h4-5,16H,2-3H2,1H3,(H,17,18). The Morgan fingerprint density at radius 3 is 2.32 bits per heavy atom. The Hall–Kier alpha value is -1.92. The van der Waals surface area contributed by atoms with Gasteiger partial charge in [-0.05, 0) is 30.5 Å². The van der Waals surface area contributed by atoms with Crippen molar-refractivity contribution < 1.29 is 32.9 Å². The van der Waals surface area contributed by atoms with Gasteiger partial charge in [0.25, 0.3) is 0 Å². The number of carboxylic acid groups (broad SMARTS) is 1. The molecule has 2 N–H and O–H groups in total. The summed E-state index contributed by atoms with van der Waals surface area (Å²) < 4.78 is 43.1. The summed E-state index contributed by atoms with van der Waals surface area (Å²) in [6.45, 7) is 0. The average Bonchev–Trinajstić information content (AvgIpc) is 3.09. The van der Waals surface area contributed by atoms with Crippen molar-refractivity contribution in [1.29, 1.82) is 0 Å². The molecule has 4 nitrogen and oxygen atoms in total. The monoisotopic (exact) mass is 276 g/mol. The van der Waals surface area contributed by atoms with Crippen LogP contribution >= 0.6 is 0 Å². The highest BCUT2D eigenvalue weighted by Crippen LogP contribution is 2.52. The van der Waals surface area contributed by atoms with Crippen molar-refractivity contribution in [2.24, 2.45) is 0 Å². The van der Waals surface area contributed by atoms with E-state index in [0.29, 0.717) is 6.07 Å². The number of alkyl halides is 3. The van der Waals surface area contributed by atoms with Crippen LogP contribution in [0.15, 0.2) is 12.1 Å². The van der Waals surface area contributed by atoms with Gasteiger partial charge in [0.2, 0.25) is 0 Å². The SMILES string of the molecule is COc1cc(C2(C(=O)O)CC2)cc(C(F)(F)F)c1O. The average molecular weight is 276 g/mol. The van der Waals surface area contributed by atoms with Crippen molar-refractivity contribution in [3.05, 3.63) is 23.3 Å². The fourth-order valence-electron chi connectivity index (χ4n) is 2.01. The Labute approximate surface area is 106 Å². The number of rotatable bonds is 3. The van der Waals surface area contributed by atoms with Crippen LogP contribution in [0.1, 0.15) is 24.0 Å². The van der Waals surface area contributed by atoms with Gasteiger partial charge < -0.3 is 14.9 Å². The summed E-state index contributed by atoms with van der Waals surface area (Å²) >= 11 is 0. The highest BCUT2D eigenvalue weighted by atomic mass is 19.4. The number of methoxy groups -OCH3 is 1. The summed E-state index contributed by atoms with van der Waals surface area (Å²) in [5, 5.41) is 18.6. The third-order valence-electron chi connectivity index (χ3n) is 3.31. The normalized spacial score (nSPS) is 17.1. The molecule has 0 saturated heterocycles. The minimum absolute atomic E-state index is 0.00183. The van der Waals surface area contributed by atoms with E-state index in [0.717, 1.165) is 13.2 Å². The molecule has 0 aliphatic heterocycles. The smallest absolute Gasteiger partial charge is 0.420 e. The third-order valence-corrected chi connectivity index (χ3v) is 3.31. The molecule has 0 bridgehead atoms. The van der Waals surface area contributed by atoms with Gasteiger partial charge in [-0.15, -0.1) is 0 Å². The lowest BCUT2D eigenvalue weighted by molar-refractivity contribution is -0.141. The molecule has 1 aliphatic rings. The highest BCUT2D eigenvalue weighted by molar-refractivity contribution is 5.85. The van der Waals surface area contributed by atoms with Crippen molar-refractivity contribution in [3.63, 3.8) is 0 Å². The molecule has 1 saturated carbocycles. The molecule has 104 valence electrons. The lowest BCUT2D eigenvalue weighted by Gasteiger charge is -2.17. The van der Waals surface area contributed by atoms with Crippen LogP contribution in [0.4, 0.5) is 13.2 Å². The maximum absolute atomic E-state index is 12.8. The molecule has 1 fully saturated rings. The second-order valence-corrected chi connectivity index (χ2v) is 4.46. The van der Waals surface area contributed by atoms with E-state index in [1.165, 1.54) is 0 Å². The van der Waals surface area contributed by atoms with E-state index in [1.807, 2.05) is 0 Å². The molecule has 1 aliphatic carbocycles. The van der Waals surface area contributed by atoms with Gasteiger partial charge in [0.1, 0.15) is 5.56 Å². The molecule has 0 aromatic heterocycles. The molecule has 0 heterocycles. The summed E-state index contributed by atoms with van der Waals surface area (Å²) in [5.74, 6) is -2.58. The number of hydrogen-bond donors (Lipinski definition) is 2. The van der Waals surface area contributed by atoms with E-state index in [2.05, 4.69) is 4.74 Å². The van der Waals surface area contributed by atoms with Gasteiger partial charge in [0.15, 0.2) is 11.5 Å². The molecular formula is C12H11F3O4. The first-order chi connectivity index (χ1) is 8.72. The van der Waals surface area contributed by atoms with Gasteiger partial charge >= 0.3 is 12.1 Å². The van der Waals surface area contributed by atoms with Crippen LogP contribution in [0.25, 0.3) is 0 Å². The van der Waals surface area contributed by atoms with E-state index < -0.39 is 28.9 Å². The Morgan fingerprint density at radius 2 is 1.95 bits per heavy atom. The Morgan fingerprint density at radius 1 is 1.37 bits per heavy atom. The molecule has 0 atom stereocenters. The second kappa shape index (κ2) is 4.04. The maximum atomic E-state index is 12.8. The van der Waals surface area contributed by atoms with Crippen molar-refractivity contribution >= 4 is 5.97 Å². The third kappa shape index (κ3) is 2.09. The quantitative estimate of drug-likeness (QED) is 0.890. The minimum Gasteiger partial charge on any atom is -0.504 e. The summed E-state index contributed by atoms with van der Waals surface area (Å²) in [6, 6.07) is 1.82. The van der Waals surface area contributed by atoms with Crippen LogP contribution in [-0.4, -0.2) is 23.3 Å². The van der Waals surface area contributed by atoms with Crippen molar-refractivity contribution in [3.8, 4) is 11.5 Å². The lowest BCUT2D eigenvalue weighted by atomic mass is 9.93. The van der Waals surface area contributed by atoms with Gasteiger partial charge in [-0.25, -0.2) is 0 Å². The molecule has 1 aromatic carbocycles. The molecular weight excluding hydrogens is 265 g/mol. The van der Waals surface area contributed by atoms with E-state index in [1.54, 1.807) is 0 Å². The number of phenols is 1. The number of phenolic OH excluding ortho intramolecular Hbond substituents is 1. The molecule has 1 aromatic rings. The van der Waals surface area contributed by atoms with Crippen LogP contribution in [0, 0.1) is 0 Å². The Kier molecular flexibility index (Phi) is 2.87. The number of aromatic hydroxyl groups is 1. The van der Waals surface area contributed by atoms with Crippen LogP contribution in [-0.2, 0) is 16.4 Å². The highest BCUT2D eigenvalue weighted by Gasteiger charge is 2.53. The fraction of sp³-hybridized carbons (Fsp3) is 0.417. The first kappa shape index (κ1) is 13.5. The molecule has 19 heavy (non-hydrogen) atoms. The second-order valence-electron chi connectivity index (χ2n) is 4.46. The largest absolute Gasteiger partial charge is 0.504 e. The summed E-state index contributed by atoms with van der Waals surface area (Å²) in [4.78, 5) is 11.1. The number of ether oxygens (including phenoxy) is 1. The molecule has 7 heteroatoms. The zero-order valence-electron chi connectivity index (χ0n) is 9.91. The van der Waals surface area contributed by atoms with Gasteiger partial charge in [-0.2, -0.15) is 13.2 Å². The van der Waals surface area contributed by atoms with Gasteiger partial charge in [-0.3, -0.25) is 4.79 Å². The van der Waals surface area contributed by atoms with Gasteiger partial charge in [0.05, 0.1) is 12.5 Å². The van der Waals surface area contributed by atoms with Crippen molar-refractivity contribution in [2.75, 3.05) is 7.11 Å². The summed E-state index contributed by atoms with van der Waals surface area (Å²) in [7, 11) is 1.11. The topological polar surface area (TPSA) is 66.8 Å². The van der Waals surface area contributed by atoms with Crippen molar-refractivity contribution in [1.82, 2.24) is 0 Å². The van der Waals surface area contributed by atoms with Crippen LogP contribution in [0.2, 0.25) is 0 Å². The Balaban J connectivity index is 2.62. The number of benzene rings is 1. The molecule has 2 rings (SSSR count). The summed E-state index contributed by atoms with van der Waals surface area (Å²) in [5.41, 5.74) is -2.57. The first-order valence-corrected chi connectivity index (χ1v) is 5.44. The van der Waals surface area contributed by atoms with E-state index >= 15 is 0 Å². The van der Waals surface area contributed by atoms with Gasteiger partial charge in [0, 0.05) is 0 Å². The predicted molar refractivity (Wildman–Crippen MR) is 58.2 cm³/mol. The maximum Gasteiger partial charge on any atom is 0.420 e. The molecule has 0 radical (unpaired) electrons. The molecule has 0 amide bonds. The van der Waals surface area contributed by atoms with Gasteiger partial charge in [-0.1, -0.05) is 0 Å². The summed E-state index contributed by atoms with van der Waals surface area (Å²) in [6.07, 6.45) is -4.23. The number of carbonyl (C=O) groups is 1. The number of halogens is 3. The van der Waals surface area contributed by atoms with E-state index in [4.69, 9.17) is 5.11 Å². The fourth-order valence-corrected chi connectivity index (χ4v) is 2.01. The van der Waals surface area contributed by atoms with Crippen LogP contribution in [0.5, 0.6) is 11.5 Å². The zero-order valence-corrected chi connectivity index (χ0v) is 9.91. The van der Waals surface area contributed by atoms with Crippen molar-refractivity contribution in [2.45, 2.75) is 24.4 Å². The first-order valence-electron chi connectivity index (χ1n) is 5.44. The number of aliphatic carboxylic acids is 1. The molecule has 0 spiro atoms. The van der Waals surface area contributed by atoms with E-state index in [-0.39, 0.29) is 24.2 Å². The minimum atomic E-state index is -4.78. The number of hydrogen-bond acceptors (Lipinski definition) is 3. The molecule has 0 unspecified atom stereocenters. The Bertz CT molecular complexity index is 533. The number of carboxylic acids is 1. The lowest BCUT2D eigenvalue weighted by Crippen LogP contribution is -2.20. The zero-order chi connectivity index (χ0) is 14.4. The predicted octanol–water partition coefficient (Wildman–Crippen LogP) is 2.54. The van der Waals surface area contributed by atoms with Crippen LogP contribution < -0.4 is 4.74 Å². The van der Waals surface area contributed by atoms with Crippen LogP contribution in [0.3, 0.4) is 0 Å². The van der Waals surface area contributed by atoms with E-state index in [9.17, 15) is 23.1 Å².